The lowest BCUT2D eigenvalue weighted by molar-refractivity contribution is -0.135. The fourth-order valence-electron chi connectivity index (χ4n) is 1.89. The molecule has 17 heavy (non-hydrogen) atoms. The van der Waals surface area contributed by atoms with Gasteiger partial charge in [0, 0.05) is 18.2 Å². The van der Waals surface area contributed by atoms with Crippen molar-refractivity contribution >= 4 is 17.5 Å². The molecule has 0 aliphatic carbocycles. The van der Waals surface area contributed by atoms with Gasteiger partial charge in [-0.15, -0.1) is 0 Å². The van der Waals surface area contributed by atoms with Crippen molar-refractivity contribution in [2.24, 2.45) is 0 Å². The number of benzene rings is 1. The molecule has 1 atom stereocenters. The Balaban J connectivity index is 1.85. The molecule has 0 aromatic heterocycles. The van der Waals surface area contributed by atoms with E-state index in [1.165, 1.54) is 0 Å². The second kappa shape index (κ2) is 6.03. The van der Waals surface area contributed by atoms with Crippen LogP contribution in [0.25, 0.3) is 0 Å². The predicted molar refractivity (Wildman–Crippen MR) is 66.9 cm³/mol. The Morgan fingerprint density at radius 2 is 2.24 bits per heavy atom. The third-order valence-electron chi connectivity index (χ3n) is 2.88. The average Bonchev–Trinajstić information content (AvgIpc) is 2.38. The molecule has 1 heterocycles. The van der Waals surface area contributed by atoms with E-state index in [0.717, 1.165) is 24.8 Å². The van der Waals surface area contributed by atoms with Gasteiger partial charge in [-0.05, 0) is 30.9 Å². The molecule has 1 aromatic rings. The van der Waals surface area contributed by atoms with E-state index in [9.17, 15) is 4.79 Å². The summed E-state index contributed by atoms with van der Waals surface area (Å²) >= 11 is 6.01. The quantitative estimate of drug-likeness (QED) is 0.899. The standard InChI is InChI=1S/C13H16ClNO2/c14-11-6-2-1-5-10(11)9-15-13(16)12-7-3-4-8-17-12/h1-2,5-6,12H,3-4,7-9H2,(H,15,16). The number of carbonyl (C=O) groups excluding carboxylic acids is 1. The number of hydrogen-bond donors (Lipinski definition) is 1. The van der Waals surface area contributed by atoms with Crippen molar-refractivity contribution in [1.29, 1.82) is 0 Å². The fraction of sp³-hybridized carbons (Fsp3) is 0.462. The van der Waals surface area contributed by atoms with Gasteiger partial charge in [-0.3, -0.25) is 4.79 Å². The molecule has 1 aromatic carbocycles. The van der Waals surface area contributed by atoms with Gasteiger partial charge in [-0.2, -0.15) is 0 Å². The van der Waals surface area contributed by atoms with Crippen LogP contribution < -0.4 is 5.32 Å². The monoisotopic (exact) mass is 253 g/mol. The highest BCUT2D eigenvalue weighted by Crippen LogP contribution is 2.16. The molecular weight excluding hydrogens is 238 g/mol. The van der Waals surface area contributed by atoms with Crippen molar-refractivity contribution in [1.82, 2.24) is 5.32 Å². The first-order chi connectivity index (χ1) is 8.27. The number of carbonyl (C=O) groups is 1. The first-order valence-electron chi connectivity index (χ1n) is 5.90. The average molecular weight is 254 g/mol. The van der Waals surface area contributed by atoms with Gasteiger partial charge in [0.15, 0.2) is 0 Å². The second-order valence-electron chi connectivity index (χ2n) is 4.16. The van der Waals surface area contributed by atoms with Gasteiger partial charge >= 0.3 is 0 Å². The first kappa shape index (κ1) is 12.4. The lowest BCUT2D eigenvalue weighted by Gasteiger charge is -2.21. The van der Waals surface area contributed by atoms with E-state index in [1.54, 1.807) is 0 Å². The Bertz CT molecular complexity index is 389. The highest BCUT2D eigenvalue weighted by atomic mass is 35.5. The van der Waals surface area contributed by atoms with Crippen LogP contribution in [-0.4, -0.2) is 18.6 Å². The minimum absolute atomic E-state index is 0.0374. The molecule has 1 aliphatic heterocycles. The summed E-state index contributed by atoms with van der Waals surface area (Å²) in [5.41, 5.74) is 0.929. The van der Waals surface area contributed by atoms with Gasteiger partial charge in [0.25, 0.3) is 0 Å². The maximum atomic E-state index is 11.8. The highest BCUT2D eigenvalue weighted by molar-refractivity contribution is 6.31. The van der Waals surface area contributed by atoms with E-state index in [1.807, 2.05) is 24.3 Å². The van der Waals surface area contributed by atoms with Crippen LogP contribution in [0, 0.1) is 0 Å². The summed E-state index contributed by atoms with van der Waals surface area (Å²) in [6.45, 7) is 1.14. The van der Waals surface area contributed by atoms with Crippen molar-refractivity contribution < 1.29 is 9.53 Å². The molecular formula is C13H16ClNO2. The van der Waals surface area contributed by atoms with Gasteiger partial charge in [0.05, 0.1) is 0 Å². The van der Waals surface area contributed by atoms with Crippen LogP contribution in [0.5, 0.6) is 0 Å². The Morgan fingerprint density at radius 1 is 1.41 bits per heavy atom. The number of halogens is 1. The van der Waals surface area contributed by atoms with Crippen LogP contribution in [0.3, 0.4) is 0 Å². The van der Waals surface area contributed by atoms with E-state index in [0.29, 0.717) is 18.2 Å². The summed E-state index contributed by atoms with van der Waals surface area (Å²) in [7, 11) is 0. The normalized spacial score (nSPS) is 19.9. The minimum Gasteiger partial charge on any atom is -0.368 e. The van der Waals surface area contributed by atoms with Crippen molar-refractivity contribution in [3.05, 3.63) is 34.9 Å². The minimum atomic E-state index is -0.286. The predicted octanol–water partition coefficient (Wildman–Crippen LogP) is 2.53. The molecule has 1 saturated heterocycles. The van der Waals surface area contributed by atoms with E-state index in [-0.39, 0.29) is 12.0 Å². The Kier molecular flexibility index (Phi) is 4.40. The zero-order valence-corrected chi connectivity index (χ0v) is 10.4. The van der Waals surface area contributed by atoms with Gasteiger partial charge in [-0.25, -0.2) is 0 Å². The molecule has 1 fully saturated rings. The zero-order valence-electron chi connectivity index (χ0n) is 9.62. The highest BCUT2D eigenvalue weighted by Gasteiger charge is 2.21. The zero-order chi connectivity index (χ0) is 12.1. The maximum absolute atomic E-state index is 11.8. The van der Waals surface area contributed by atoms with Gasteiger partial charge in [-0.1, -0.05) is 29.8 Å². The Hall–Kier alpha value is -1.06. The number of amides is 1. The number of rotatable bonds is 3. The Labute approximate surface area is 106 Å². The summed E-state index contributed by atoms with van der Waals surface area (Å²) in [4.78, 5) is 11.8. The van der Waals surface area contributed by atoms with Crippen LogP contribution in [-0.2, 0) is 16.1 Å². The lowest BCUT2D eigenvalue weighted by Crippen LogP contribution is -2.38. The summed E-state index contributed by atoms with van der Waals surface area (Å²) < 4.78 is 5.41. The van der Waals surface area contributed by atoms with Crippen LogP contribution in [0.2, 0.25) is 5.02 Å². The SMILES string of the molecule is O=C(NCc1ccccc1Cl)C1CCCCO1. The van der Waals surface area contributed by atoms with Gasteiger partial charge in [0.2, 0.25) is 5.91 Å². The van der Waals surface area contributed by atoms with Gasteiger partial charge < -0.3 is 10.1 Å². The molecule has 4 heteroatoms. The second-order valence-corrected chi connectivity index (χ2v) is 4.57. The lowest BCUT2D eigenvalue weighted by atomic mass is 10.1. The van der Waals surface area contributed by atoms with Gasteiger partial charge in [0.1, 0.15) is 6.10 Å². The molecule has 0 spiro atoms. The van der Waals surface area contributed by atoms with E-state index >= 15 is 0 Å². The van der Waals surface area contributed by atoms with Crippen molar-refractivity contribution in [2.45, 2.75) is 31.9 Å². The molecule has 1 N–H and O–H groups in total. The summed E-state index contributed by atoms with van der Waals surface area (Å²) in [5.74, 6) is -0.0374. The summed E-state index contributed by atoms with van der Waals surface area (Å²) in [5, 5.41) is 3.54. The van der Waals surface area contributed by atoms with E-state index in [2.05, 4.69) is 5.32 Å². The van der Waals surface area contributed by atoms with E-state index in [4.69, 9.17) is 16.3 Å². The third kappa shape index (κ3) is 3.45. The van der Waals surface area contributed by atoms with Crippen molar-refractivity contribution in [3.8, 4) is 0 Å². The summed E-state index contributed by atoms with van der Waals surface area (Å²) in [6, 6.07) is 7.51. The van der Waals surface area contributed by atoms with Crippen molar-refractivity contribution in [2.75, 3.05) is 6.61 Å². The van der Waals surface area contributed by atoms with Crippen LogP contribution in [0.4, 0.5) is 0 Å². The maximum Gasteiger partial charge on any atom is 0.249 e. The number of hydrogen-bond acceptors (Lipinski definition) is 2. The molecule has 0 bridgehead atoms. The molecule has 2 rings (SSSR count). The van der Waals surface area contributed by atoms with Crippen LogP contribution >= 0.6 is 11.6 Å². The van der Waals surface area contributed by atoms with E-state index < -0.39 is 0 Å². The summed E-state index contributed by atoms with van der Waals surface area (Å²) in [6.07, 6.45) is 2.64. The van der Waals surface area contributed by atoms with Crippen LogP contribution in [0.15, 0.2) is 24.3 Å². The molecule has 92 valence electrons. The van der Waals surface area contributed by atoms with Crippen molar-refractivity contribution in [3.63, 3.8) is 0 Å². The molecule has 1 amide bonds. The first-order valence-corrected chi connectivity index (χ1v) is 6.28. The molecule has 1 aliphatic rings. The number of nitrogens with one attached hydrogen (secondary N) is 1. The molecule has 0 saturated carbocycles. The fourth-order valence-corrected chi connectivity index (χ4v) is 2.09. The smallest absolute Gasteiger partial charge is 0.249 e. The van der Waals surface area contributed by atoms with Crippen LogP contribution in [0.1, 0.15) is 24.8 Å². The molecule has 1 unspecified atom stereocenters. The topological polar surface area (TPSA) is 38.3 Å². The molecule has 3 nitrogen and oxygen atoms in total. The Morgan fingerprint density at radius 3 is 2.94 bits per heavy atom. The number of ether oxygens (including phenoxy) is 1. The molecule has 0 radical (unpaired) electrons. The third-order valence-corrected chi connectivity index (χ3v) is 3.25. The largest absolute Gasteiger partial charge is 0.368 e.